The number of aromatic amines is 1. The molecule has 0 unspecified atom stereocenters. The van der Waals surface area contributed by atoms with Gasteiger partial charge in [-0.1, -0.05) is 42.5 Å². The summed E-state index contributed by atoms with van der Waals surface area (Å²) in [4.78, 5) is 14.1. The van der Waals surface area contributed by atoms with Gasteiger partial charge in [0.2, 0.25) is 0 Å². The molecule has 1 aromatic heterocycles. The molecule has 3 rings (SSSR count). The van der Waals surface area contributed by atoms with E-state index in [2.05, 4.69) is 29.2 Å². The Morgan fingerprint density at radius 1 is 0.941 bits per heavy atom. The van der Waals surface area contributed by atoms with Crippen molar-refractivity contribution >= 4 is 10.8 Å². The van der Waals surface area contributed by atoms with Gasteiger partial charge in [0.1, 0.15) is 0 Å². The fraction of sp³-hybridized carbons (Fsp3) is 0. The Balaban J connectivity index is 2.34. The first-order valence-electron chi connectivity index (χ1n) is 5.44. The molecule has 2 heteroatoms. The van der Waals surface area contributed by atoms with Crippen LogP contribution in [-0.4, -0.2) is 4.98 Å². The average molecular weight is 220 g/mol. The van der Waals surface area contributed by atoms with Crippen LogP contribution in [0.25, 0.3) is 22.0 Å². The Morgan fingerprint density at radius 3 is 2.65 bits per heavy atom. The molecule has 3 aromatic rings. The normalized spacial score (nSPS) is 10.6. The second-order valence-corrected chi connectivity index (χ2v) is 3.87. The molecule has 2 aromatic carbocycles. The van der Waals surface area contributed by atoms with Gasteiger partial charge >= 0.3 is 0 Å². The molecule has 0 fully saturated rings. The lowest BCUT2D eigenvalue weighted by Crippen LogP contribution is -2.04. The number of fused-ring (bicyclic) bond motifs is 1. The zero-order valence-corrected chi connectivity index (χ0v) is 9.10. The summed E-state index contributed by atoms with van der Waals surface area (Å²) >= 11 is 0. The highest BCUT2D eigenvalue weighted by Gasteiger charge is 2.03. The van der Waals surface area contributed by atoms with Gasteiger partial charge in [0.15, 0.2) is 0 Å². The number of hydrogen-bond donors (Lipinski definition) is 1. The van der Waals surface area contributed by atoms with E-state index in [0.29, 0.717) is 0 Å². The molecular weight excluding hydrogens is 210 g/mol. The smallest absolute Gasteiger partial charge is 0.256 e. The molecule has 0 saturated heterocycles. The minimum atomic E-state index is -0.199. The third kappa shape index (κ3) is 1.74. The summed E-state index contributed by atoms with van der Waals surface area (Å²) in [7, 11) is 0. The van der Waals surface area contributed by atoms with Gasteiger partial charge in [0.25, 0.3) is 5.56 Å². The maximum absolute atomic E-state index is 11.3. The van der Waals surface area contributed by atoms with Gasteiger partial charge in [-0.05, 0) is 22.9 Å². The highest BCUT2D eigenvalue weighted by Crippen LogP contribution is 2.26. The Kier molecular flexibility index (Phi) is 2.26. The van der Waals surface area contributed by atoms with Crippen molar-refractivity contribution < 1.29 is 0 Å². The molecule has 1 N–H and O–H groups in total. The number of aromatic nitrogens is 1. The predicted molar refractivity (Wildman–Crippen MR) is 68.8 cm³/mol. The van der Waals surface area contributed by atoms with Crippen molar-refractivity contribution in [1.29, 1.82) is 0 Å². The van der Waals surface area contributed by atoms with E-state index in [4.69, 9.17) is 0 Å². The molecule has 0 aliphatic carbocycles. The molecule has 1 heterocycles. The SMILES string of the molecule is O=c1[c]ccc(-c2cccc3ccccc23)[nH]1. The summed E-state index contributed by atoms with van der Waals surface area (Å²) in [5.74, 6) is 0. The summed E-state index contributed by atoms with van der Waals surface area (Å²) in [6.45, 7) is 0. The highest BCUT2D eigenvalue weighted by molar-refractivity contribution is 5.95. The van der Waals surface area contributed by atoms with E-state index in [-0.39, 0.29) is 5.56 Å². The van der Waals surface area contributed by atoms with E-state index >= 15 is 0 Å². The highest BCUT2D eigenvalue weighted by atomic mass is 16.1. The largest absolute Gasteiger partial charge is 0.321 e. The van der Waals surface area contributed by atoms with E-state index in [9.17, 15) is 4.79 Å². The number of pyridine rings is 1. The third-order valence-electron chi connectivity index (χ3n) is 2.79. The van der Waals surface area contributed by atoms with Crippen LogP contribution in [0.1, 0.15) is 0 Å². The summed E-state index contributed by atoms with van der Waals surface area (Å²) in [5, 5.41) is 2.30. The predicted octanol–water partition coefficient (Wildman–Crippen LogP) is 3.00. The van der Waals surface area contributed by atoms with Crippen LogP contribution >= 0.6 is 0 Å². The van der Waals surface area contributed by atoms with Crippen molar-refractivity contribution in [3.05, 3.63) is 71.0 Å². The van der Waals surface area contributed by atoms with Crippen LogP contribution in [0.2, 0.25) is 0 Å². The zero-order chi connectivity index (χ0) is 11.7. The van der Waals surface area contributed by atoms with Crippen LogP contribution in [0.3, 0.4) is 0 Å². The topological polar surface area (TPSA) is 32.9 Å². The molecule has 2 nitrogen and oxygen atoms in total. The molecule has 17 heavy (non-hydrogen) atoms. The van der Waals surface area contributed by atoms with E-state index in [1.807, 2.05) is 30.3 Å². The van der Waals surface area contributed by atoms with Crippen molar-refractivity contribution in [3.63, 3.8) is 0 Å². The molecule has 1 radical (unpaired) electrons. The number of benzene rings is 2. The van der Waals surface area contributed by atoms with Crippen LogP contribution in [0, 0.1) is 6.07 Å². The molecule has 0 amide bonds. The second kappa shape index (κ2) is 3.91. The molecule has 0 saturated carbocycles. The quantitative estimate of drug-likeness (QED) is 0.671. The molecular formula is C15H10NO. The first-order chi connectivity index (χ1) is 8.34. The Morgan fingerprint density at radius 2 is 1.76 bits per heavy atom. The number of hydrogen-bond acceptors (Lipinski definition) is 1. The van der Waals surface area contributed by atoms with Gasteiger partial charge in [-0.2, -0.15) is 0 Å². The van der Waals surface area contributed by atoms with E-state index in [1.165, 1.54) is 5.39 Å². The Bertz CT molecular complexity index is 723. The van der Waals surface area contributed by atoms with Crippen LogP contribution < -0.4 is 5.56 Å². The molecule has 0 aliphatic rings. The summed E-state index contributed by atoms with van der Waals surface area (Å²) in [6, 6.07) is 20.3. The first-order valence-corrected chi connectivity index (χ1v) is 5.44. The van der Waals surface area contributed by atoms with E-state index < -0.39 is 0 Å². The van der Waals surface area contributed by atoms with Gasteiger partial charge in [0.05, 0.1) is 6.07 Å². The fourth-order valence-corrected chi connectivity index (χ4v) is 2.02. The lowest BCUT2D eigenvalue weighted by Gasteiger charge is -2.05. The fourth-order valence-electron chi connectivity index (χ4n) is 2.02. The minimum absolute atomic E-state index is 0.199. The van der Waals surface area contributed by atoms with Crippen molar-refractivity contribution in [3.8, 4) is 11.3 Å². The van der Waals surface area contributed by atoms with E-state index in [0.717, 1.165) is 16.6 Å². The molecule has 0 atom stereocenters. The molecule has 0 spiro atoms. The van der Waals surface area contributed by atoms with Crippen molar-refractivity contribution in [2.45, 2.75) is 0 Å². The summed E-state index contributed by atoms with van der Waals surface area (Å²) in [5.41, 5.74) is 1.66. The lowest BCUT2D eigenvalue weighted by molar-refractivity contribution is 1.24. The number of nitrogens with one attached hydrogen (secondary N) is 1. The minimum Gasteiger partial charge on any atom is -0.321 e. The van der Waals surface area contributed by atoms with Gasteiger partial charge in [-0.3, -0.25) is 4.79 Å². The summed E-state index contributed by atoms with van der Waals surface area (Å²) in [6.07, 6.45) is 0. The van der Waals surface area contributed by atoms with E-state index in [1.54, 1.807) is 6.07 Å². The maximum Gasteiger partial charge on any atom is 0.256 e. The third-order valence-corrected chi connectivity index (χ3v) is 2.79. The monoisotopic (exact) mass is 220 g/mol. The van der Waals surface area contributed by atoms with Crippen molar-refractivity contribution in [2.24, 2.45) is 0 Å². The van der Waals surface area contributed by atoms with Crippen LogP contribution in [-0.2, 0) is 0 Å². The van der Waals surface area contributed by atoms with Crippen molar-refractivity contribution in [2.75, 3.05) is 0 Å². The second-order valence-electron chi connectivity index (χ2n) is 3.87. The van der Waals surface area contributed by atoms with Gasteiger partial charge < -0.3 is 4.98 Å². The number of H-pyrrole nitrogens is 1. The maximum atomic E-state index is 11.3. The molecule has 81 valence electrons. The average Bonchev–Trinajstić information content (AvgIpc) is 2.38. The molecule has 0 aliphatic heterocycles. The van der Waals surface area contributed by atoms with Crippen LogP contribution in [0.4, 0.5) is 0 Å². The Hall–Kier alpha value is -2.35. The zero-order valence-electron chi connectivity index (χ0n) is 9.10. The molecule has 0 bridgehead atoms. The first kappa shape index (κ1) is 9.85. The van der Waals surface area contributed by atoms with Crippen molar-refractivity contribution in [1.82, 2.24) is 4.98 Å². The van der Waals surface area contributed by atoms with Gasteiger partial charge in [0, 0.05) is 11.3 Å². The standard InChI is InChI=1S/C15H10NO/c17-15-10-4-9-14(16-15)13-8-3-6-11-5-1-2-7-12(11)13/h1-9H,(H,16,17). The number of rotatable bonds is 1. The summed E-state index contributed by atoms with van der Waals surface area (Å²) < 4.78 is 0. The Labute approximate surface area is 98.6 Å². The van der Waals surface area contributed by atoms with Crippen LogP contribution in [0.15, 0.2) is 59.4 Å². The lowest BCUT2D eigenvalue weighted by atomic mass is 10.0. The van der Waals surface area contributed by atoms with Gasteiger partial charge in [-0.25, -0.2) is 0 Å². The van der Waals surface area contributed by atoms with Gasteiger partial charge in [-0.15, -0.1) is 0 Å². The van der Waals surface area contributed by atoms with Crippen LogP contribution in [0.5, 0.6) is 0 Å².